The van der Waals surface area contributed by atoms with Crippen LogP contribution < -0.4 is 14.5 Å². The van der Waals surface area contributed by atoms with Gasteiger partial charge in [-0.3, -0.25) is 9.69 Å². The molecule has 9 nitrogen and oxygen atoms in total. The number of carbonyl (C=O) groups excluding carboxylic acids is 1. The molecule has 275 valence electrons. The fraction of sp³-hybridized carbons (Fsp3) is 0.438. The average Bonchev–Trinajstić information content (AvgIpc) is 3.03. The van der Waals surface area contributed by atoms with Gasteiger partial charge in [0.05, 0.1) is 54.0 Å². The molecule has 2 atom stereocenters. The van der Waals surface area contributed by atoms with E-state index in [9.17, 15) is 49.1 Å². The first kappa shape index (κ1) is 41.8. The topological polar surface area (TPSA) is 105 Å². The van der Waals surface area contributed by atoms with E-state index in [0.717, 1.165) is 30.6 Å². The molecular formula is C32H31F9N4O5Y. The van der Waals surface area contributed by atoms with Crippen LogP contribution in [0.2, 0.25) is 0 Å². The smallest absolute Gasteiger partial charge is 0.416 e. The predicted octanol–water partition coefficient (Wildman–Crippen LogP) is 8.67. The number of hydrogen-bond acceptors (Lipinski definition) is 7. The van der Waals surface area contributed by atoms with E-state index in [4.69, 9.17) is 14.6 Å². The third-order valence-corrected chi connectivity index (χ3v) is 7.82. The van der Waals surface area contributed by atoms with Crippen LogP contribution in [0.4, 0.5) is 55.9 Å². The minimum absolute atomic E-state index is 0. The van der Waals surface area contributed by atoms with Crippen LogP contribution in [0.15, 0.2) is 48.8 Å². The molecular weight excluding hydrogens is 780 g/mol. The van der Waals surface area contributed by atoms with E-state index >= 15 is 0 Å². The standard InChI is InChI=1S/C32H31F9N4O5.Y/c1-3-22-14-26(24-13-19(30(33,34)35)7-8-25(24)45(22)29(48)49-4-2)44(28-42-15-23(16-43-28)50-9-5-6-27(46)47)17-18-10-20(31(36,37)38)12-21(11-18)32(39,40)41;/h7-8,10-13,15-16,22,26H,3-6,9,14,17H2,1-2H3,(H,46,47);. The number of hydrogen-bond donors (Lipinski definition) is 1. The first-order valence-corrected chi connectivity index (χ1v) is 15.2. The van der Waals surface area contributed by atoms with Gasteiger partial charge >= 0.3 is 30.6 Å². The summed E-state index contributed by atoms with van der Waals surface area (Å²) < 4.78 is 135. The van der Waals surface area contributed by atoms with Crippen molar-refractivity contribution in [1.82, 2.24) is 9.97 Å². The van der Waals surface area contributed by atoms with Gasteiger partial charge in [-0.05, 0) is 73.7 Å². The Labute approximate surface area is 311 Å². The maximum absolute atomic E-state index is 14.0. The normalized spacial score (nSPS) is 16.2. The van der Waals surface area contributed by atoms with Crippen LogP contribution in [0.1, 0.15) is 73.4 Å². The van der Waals surface area contributed by atoms with Gasteiger partial charge in [-0.2, -0.15) is 39.5 Å². The molecule has 3 aromatic rings. The van der Waals surface area contributed by atoms with Crippen molar-refractivity contribution in [3.63, 3.8) is 0 Å². The second kappa shape index (κ2) is 16.8. The van der Waals surface area contributed by atoms with Crippen molar-refractivity contribution < 1.29 is 96.4 Å². The van der Waals surface area contributed by atoms with Crippen LogP contribution in [0, 0.1) is 0 Å². The van der Waals surface area contributed by atoms with Crippen LogP contribution in [-0.2, 0) is 67.3 Å². The first-order chi connectivity index (χ1) is 23.3. The van der Waals surface area contributed by atoms with E-state index in [2.05, 4.69) is 9.97 Å². The van der Waals surface area contributed by atoms with Gasteiger partial charge in [-0.25, -0.2) is 14.8 Å². The van der Waals surface area contributed by atoms with Gasteiger partial charge in [0.2, 0.25) is 5.95 Å². The van der Waals surface area contributed by atoms with Gasteiger partial charge in [0, 0.05) is 51.7 Å². The van der Waals surface area contributed by atoms with Crippen LogP contribution >= 0.6 is 0 Å². The molecule has 1 N–H and O–H groups in total. The summed E-state index contributed by atoms with van der Waals surface area (Å²) in [6.07, 6.45) is -13.8. The molecule has 0 saturated heterocycles. The van der Waals surface area contributed by atoms with E-state index in [1.165, 1.54) is 16.7 Å². The Morgan fingerprint density at radius 3 is 2.00 bits per heavy atom. The molecule has 4 rings (SSSR count). The Balaban J connectivity index is 0.00000702. The maximum atomic E-state index is 14.0. The predicted molar refractivity (Wildman–Crippen MR) is 159 cm³/mol. The van der Waals surface area contributed by atoms with Crippen LogP contribution in [0.3, 0.4) is 0 Å². The molecule has 2 aromatic carbocycles. The van der Waals surface area contributed by atoms with Gasteiger partial charge in [-0.1, -0.05) is 6.92 Å². The molecule has 0 aliphatic carbocycles. The molecule has 2 unspecified atom stereocenters. The average molecular weight is 812 g/mol. The zero-order valence-electron chi connectivity index (χ0n) is 27.1. The molecule has 0 bridgehead atoms. The summed E-state index contributed by atoms with van der Waals surface area (Å²) in [6, 6.07) is 1.57. The number of benzene rings is 2. The Bertz CT molecular complexity index is 1640. The number of alkyl halides is 9. The summed E-state index contributed by atoms with van der Waals surface area (Å²) in [7, 11) is 0. The number of ether oxygens (including phenoxy) is 2. The van der Waals surface area contributed by atoms with Crippen molar-refractivity contribution >= 4 is 23.7 Å². The summed E-state index contributed by atoms with van der Waals surface area (Å²) in [5.74, 6) is -1.31. The fourth-order valence-corrected chi connectivity index (χ4v) is 5.56. The van der Waals surface area contributed by atoms with Gasteiger partial charge in [-0.15, -0.1) is 0 Å². The van der Waals surface area contributed by atoms with Crippen molar-refractivity contribution in [3.05, 3.63) is 76.6 Å². The van der Waals surface area contributed by atoms with Crippen molar-refractivity contribution in [2.75, 3.05) is 23.0 Å². The summed E-state index contributed by atoms with van der Waals surface area (Å²) in [5.41, 5.74) is -4.96. The van der Waals surface area contributed by atoms with Crippen molar-refractivity contribution in [1.29, 1.82) is 0 Å². The molecule has 0 saturated carbocycles. The molecule has 0 spiro atoms. The number of halogens is 9. The fourth-order valence-electron chi connectivity index (χ4n) is 5.56. The number of carboxylic acids is 1. The van der Waals surface area contributed by atoms with Crippen molar-refractivity contribution in [2.45, 2.75) is 76.7 Å². The van der Waals surface area contributed by atoms with Crippen molar-refractivity contribution in [3.8, 4) is 5.75 Å². The Morgan fingerprint density at radius 1 is 0.902 bits per heavy atom. The Hall–Kier alpha value is -3.67. The number of rotatable bonds is 11. The molecule has 19 heteroatoms. The van der Waals surface area contributed by atoms with Crippen LogP contribution in [0.5, 0.6) is 5.75 Å². The van der Waals surface area contributed by atoms with Gasteiger partial charge < -0.3 is 19.5 Å². The van der Waals surface area contributed by atoms with E-state index in [1.807, 2.05) is 0 Å². The van der Waals surface area contributed by atoms with E-state index in [0.29, 0.717) is 12.1 Å². The van der Waals surface area contributed by atoms with Gasteiger partial charge in [0.15, 0.2) is 5.75 Å². The first-order valence-electron chi connectivity index (χ1n) is 15.2. The number of carbonyl (C=O) groups is 2. The number of fused-ring (bicyclic) bond motifs is 1. The zero-order chi connectivity index (χ0) is 37.0. The number of nitrogens with zero attached hydrogens (tertiary/aromatic N) is 4. The van der Waals surface area contributed by atoms with Crippen LogP contribution in [-0.4, -0.2) is 46.4 Å². The molecule has 1 aliphatic rings. The third-order valence-electron chi connectivity index (χ3n) is 7.82. The second-order valence-electron chi connectivity index (χ2n) is 11.3. The number of aliphatic carboxylic acids is 1. The zero-order valence-corrected chi connectivity index (χ0v) is 29.9. The largest absolute Gasteiger partial charge is 0.490 e. The van der Waals surface area contributed by atoms with Gasteiger partial charge in [0.1, 0.15) is 0 Å². The molecule has 1 aromatic heterocycles. The second-order valence-corrected chi connectivity index (χ2v) is 11.3. The quantitative estimate of drug-likeness (QED) is 0.152. The summed E-state index contributed by atoms with van der Waals surface area (Å²) in [6.45, 7) is 2.36. The molecule has 1 aliphatic heterocycles. The summed E-state index contributed by atoms with van der Waals surface area (Å²) in [5, 5.41) is 8.82. The summed E-state index contributed by atoms with van der Waals surface area (Å²) in [4.78, 5) is 34.6. The Kier molecular flexibility index (Phi) is 13.7. The minimum Gasteiger partial charge on any atom is -0.490 e. The SMILES string of the molecule is CCOC(=O)N1c2ccc(C(F)(F)F)cc2C(N(Cc2cc(C(F)(F)F)cc(C(F)(F)F)c2)c2ncc(OCCCC(=O)O)cn2)CC1CC.[Y]. The van der Waals surface area contributed by atoms with Gasteiger partial charge in [0.25, 0.3) is 0 Å². The van der Waals surface area contributed by atoms with E-state index < -0.39 is 71.5 Å². The number of anilines is 2. The molecule has 0 fully saturated rings. The molecule has 51 heavy (non-hydrogen) atoms. The van der Waals surface area contributed by atoms with E-state index in [1.54, 1.807) is 6.92 Å². The van der Waals surface area contributed by atoms with Crippen molar-refractivity contribution in [2.24, 2.45) is 0 Å². The minimum atomic E-state index is -5.18. The van der Waals surface area contributed by atoms with Crippen LogP contribution in [0.25, 0.3) is 0 Å². The number of aromatic nitrogens is 2. The monoisotopic (exact) mass is 811 g/mol. The number of amides is 1. The maximum Gasteiger partial charge on any atom is 0.416 e. The summed E-state index contributed by atoms with van der Waals surface area (Å²) >= 11 is 0. The molecule has 1 radical (unpaired) electrons. The number of carboxylic acid groups (broad SMARTS) is 1. The third kappa shape index (κ3) is 10.5. The molecule has 1 amide bonds. The molecule has 2 heterocycles. The van der Waals surface area contributed by atoms with E-state index in [-0.39, 0.29) is 101 Å². The Morgan fingerprint density at radius 2 is 1.49 bits per heavy atom.